The number of ether oxygens (including phenoxy) is 4. The molecule has 0 aliphatic rings. The summed E-state index contributed by atoms with van der Waals surface area (Å²) < 4.78 is 35.5. The highest BCUT2D eigenvalue weighted by atomic mass is 19.1. The molecule has 214 valence electrons. The van der Waals surface area contributed by atoms with Crippen LogP contribution in [0.2, 0.25) is 0 Å². The number of halogens is 1. The number of rotatable bonds is 10. The van der Waals surface area contributed by atoms with Gasteiger partial charge in [0.2, 0.25) is 5.43 Å². The first kappa shape index (κ1) is 28.4. The Balaban J connectivity index is 1.41. The highest BCUT2D eigenvalue weighted by Crippen LogP contribution is 2.34. The average molecular weight is 570 g/mol. The molecule has 0 amide bonds. The molecule has 5 aromatic rings. The molecular weight excluding hydrogens is 541 g/mol. The molecule has 0 radical (unpaired) electrons. The van der Waals surface area contributed by atoms with E-state index in [0.717, 1.165) is 0 Å². The fourth-order valence-electron chi connectivity index (χ4n) is 4.76. The second-order valence-electron chi connectivity index (χ2n) is 9.47. The van der Waals surface area contributed by atoms with Gasteiger partial charge >= 0.3 is 0 Å². The van der Waals surface area contributed by atoms with Gasteiger partial charge in [-0.15, -0.1) is 0 Å². The molecule has 0 saturated carbocycles. The molecule has 2 aromatic carbocycles. The zero-order chi connectivity index (χ0) is 29.8. The second kappa shape index (κ2) is 12.2. The van der Waals surface area contributed by atoms with Gasteiger partial charge in [-0.25, -0.2) is 9.37 Å². The van der Waals surface area contributed by atoms with Crippen LogP contribution in [0.1, 0.15) is 27.3 Å². The summed E-state index contributed by atoms with van der Waals surface area (Å²) in [7, 11) is 4.51. The van der Waals surface area contributed by atoms with Crippen LogP contribution in [0, 0.1) is 12.7 Å². The summed E-state index contributed by atoms with van der Waals surface area (Å²) in [5.74, 6) is 0.954. The summed E-state index contributed by atoms with van der Waals surface area (Å²) in [5.41, 5.74) is 3.12. The second-order valence-corrected chi connectivity index (χ2v) is 9.47. The number of Topliss-reactive ketones (excluding diaryl/α,β-unsaturated/α-hetero) is 1. The Kier molecular flexibility index (Phi) is 8.26. The predicted molar refractivity (Wildman–Crippen MR) is 155 cm³/mol. The van der Waals surface area contributed by atoms with Crippen molar-refractivity contribution in [1.29, 1.82) is 0 Å². The third kappa shape index (κ3) is 5.70. The summed E-state index contributed by atoms with van der Waals surface area (Å²) in [5, 5.41) is 0. The normalized spacial score (nSPS) is 11.0. The van der Waals surface area contributed by atoms with Gasteiger partial charge in [0.25, 0.3) is 5.88 Å². The summed E-state index contributed by atoms with van der Waals surface area (Å²) in [4.78, 5) is 39.1. The minimum atomic E-state index is -0.431. The number of ketones is 1. The maximum Gasteiger partial charge on any atom is 0.257 e. The number of nitrogens with one attached hydrogen (secondary N) is 1. The number of aryl methyl sites for hydroxylation is 1. The Morgan fingerprint density at radius 2 is 1.69 bits per heavy atom. The SMILES string of the molecule is COCc1[nH]c(C)c(-c2ccc(F)cc2)c(=O)c1C(=O)Cc1ccc(Oc2ccnc3cc(OC)c(OC)nc23)cc1. The summed E-state index contributed by atoms with van der Waals surface area (Å²) in [6.07, 6.45) is 1.58. The van der Waals surface area contributed by atoms with E-state index < -0.39 is 11.2 Å². The average Bonchev–Trinajstić information content (AvgIpc) is 2.98. The van der Waals surface area contributed by atoms with E-state index in [-0.39, 0.29) is 24.4 Å². The molecule has 5 rings (SSSR count). The fraction of sp³-hybridized carbons (Fsp3) is 0.188. The fourth-order valence-corrected chi connectivity index (χ4v) is 4.76. The van der Waals surface area contributed by atoms with Crippen LogP contribution in [0.5, 0.6) is 23.1 Å². The van der Waals surface area contributed by atoms with Crippen LogP contribution in [0.25, 0.3) is 22.2 Å². The predicted octanol–water partition coefficient (Wildman–Crippen LogP) is 5.81. The number of aromatic amines is 1. The largest absolute Gasteiger partial charge is 0.491 e. The van der Waals surface area contributed by atoms with Crippen molar-refractivity contribution in [3.8, 4) is 34.3 Å². The lowest BCUT2D eigenvalue weighted by atomic mass is 9.95. The van der Waals surface area contributed by atoms with E-state index in [4.69, 9.17) is 18.9 Å². The van der Waals surface area contributed by atoms with Gasteiger partial charge in [-0.3, -0.25) is 14.6 Å². The van der Waals surface area contributed by atoms with Crippen molar-refractivity contribution in [2.45, 2.75) is 20.0 Å². The molecule has 0 bridgehead atoms. The van der Waals surface area contributed by atoms with E-state index in [0.29, 0.717) is 62.2 Å². The molecule has 0 atom stereocenters. The van der Waals surface area contributed by atoms with E-state index in [2.05, 4.69) is 15.0 Å². The Labute approximate surface area is 240 Å². The number of fused-ring (bicyclic) bond motifs is 1. The molecule has 0 saturated heterocycles. The van der Waals surface area contributed by atoms with Gasteiger partial charge in [-0.2, -0.15) is 0 Å². The van der Waals surface area contributed by atoms with Gasteiger partial charge in [0.1, 0.15) is 17.1 Å². The number of nitrogens with zero attached hydrogens (tertiary/aromatic N) is 2. The molecule has 0 aliphatic carbocycles. The molecule has 0 unspecified atom stereocenters. The molecular formula is C32H28FN3O6. The van der Waals surface area contributed by atoms with Crippen molar-refractivity contribution in [2.24, 2.45) is 0 Å². The minimum absolute atomic E-state index is 0.0146. The molecule has 9 nitrogen and oxygen atoms in total. The van der Waals surface area contributed by atoms with Crippen molar-refractivity contribution in [1.82, 2.24) is 15.0 Å². The number of hydrogen-bond donors (Lipinski definition) is 1. The topological polar surface area (TPSA) is 113 Å². The molecule has 0 fully saturated rings. The lowest BCUT2D eigenvalue weighted by Crippen LogP contribution is -2.24. The van der Waals surface area contributed by atoms with Crippen LogP contribution in [0.15, 0.2) is 71.7 Å². The summed E-state index contributed by atoms with van der Waals surface area (Å²) in [6, 6.07) is 16.0. The number of H-pyrrole nitrogens is 1. The van der Waals surface area contributed by atoms with Crippen molar-refractivity contribution < 1.29 is 28.1 Å². The van der Waals surface area contributed by atoms with Crippen molar-refractivity contribution in [3.63, 3.8) is 0 Å². The molecule has 0 aliphatic heterocycles. The van der Waals surface area contributed by atoms with Gasteiger partial charge < -0.3 is 23.9 Å². The highest BCUT2D eigenvalue weighted by molar-refractivity contribution is 5.99. The van der Waals surface area contributed by atoms with E-state index in [1.54, 1.807) is 49.5 Å². The number of carbonyl (C=O) groups is 1. The van der Waals surface area contributed by atoms with Crippen LogP contribution in [0.3, 0.4) is 0 Å². The standard InChI is InChI=1S/C32H28FN3O6/c1-18-28(20-7-9-21(33)10-8-20)31(38)29(24(35-18)17-39-2)25(37)15-19-5-11-22(12-6-19)42-26-13-14-34-23-16-27(40-3)32(41-4)36-30(23)26/h5-14,16H,15,17H2,1-4H3,(H,35,38). The molecule has 3 heterocycles. The lowest BCUT2D eigenvalue weighted by molar-refractivity contribution is 0.0986. The van der Waals surface area contributed by atoms with Crippen LogP contribution in [-0.2, 0) is 17.8 Å². The van der Waals surface area contributed by atoms with Crippen LogP contribution < -0.4 is 19.6 Å². The maximum atomic E-state index is 13.6. The van der Waals surface area contributed by atoms with E-state index in [9.17, 15) is 14.0 Å². The zero-order valence-electron chi connectivity index (χ0n) is 23.5. The minimum Gasteiger partial charge on any atom is -0.491 e. The van der Waals surface area contributed by atoms with E-state index in [1.807, 2.05) is 0 Å². The first-order valence-electron chi connectivity index (χ1n) is 13.0. The third-order valence-corrected chi connectivity index (χ3v) is 6.71. The van der Waals surface area contributed by atoms with E-state index >= 15 is 0 Å². The van der Waals surface area contributed by atoms with Gasteiger partial charge in [0, 0.05) is 43.1 Å². The number of hydrogen-bond acceptors (Lipinski definition) is 8. The number of carbonyl (C=O) groups excluding carboxylic acids is 1. The first-order chi connectivity index (χ1) is 20.3. The van der Waals surface area contributed by atoms with Gasteiger partial charge in [-0.1, -0.05) is 24.3 Å². The Hall–Kier alpha value is -5.09. The van der Waals surface area contributed by atoms with Gasteiger partial charge in [0.05, 0.1) is 37.6 Å². The third-order valence-electron chi connectivity index (χ3n) is 6.71. The first-order valence-corrected chi connectivity index (χ1v) is 13.0. The Morgan fingerprint density at radius 1 is 0.952 bits per heavy atom. The summed E-state index contributed by atoms with van der Waals surface area (Å²) >= 11 is 0. The summed E-state index contributed by atoms with van der Waals surface area (Å²) in [6.45, 7) is 1.79. The zero-order valence-corrected chi connectivity index (χ0v) is 23.5. The Morgan fingerprint density at radius 3 is 2.36 bits per heavy atom. The maximum absolute atomic E-state index is 13.6. The monoisotopic (exact) mass is 569 g/mol. The Bertz CT molecular complexity index is 1820. The van der Waals surface area contributed by atoms with Gasteiger partial charge in [0.15, 0.2) is 17.3 Å². The van der Waals surface area contributed by atoms with Gasteiger partial charge in [-0.05, 0) is 42.3 Å². The molecule has 1 N–H and O–H groups in total. The van der Waals surface area contributed by atoms with Crippen molar-refractivity contribution in [3.05, 3.63) is 105 Å². The van der Waals surface area contributed by atoms with E-state index in [1.165, 1.54) is 45.6 Å². The quantitative estimate of drug-likeness (QED) is 0.210. The number of pyridine rings is 3. The number of benzene rings is 2. The van der Waals surface area contributed by atoms with Crippen LogP contribution >= 0.6 is 0 Å². The highest BCUT2D eigenvalue weighted by Gasteiger charge is 2.22. The molecule has 0 spiro atoms. The number of methoxy groups -OCH3 is 3. The lowest BCUT2D eigenvalue weighted by Gasteiger charge is -2.14. The van der Waals surface area contributed by atoms with Crippen LogP contribution in [-0.4, -0.2) is 42.1 Å². The van der Waals surface area contributed by atoms with Crippen LogP contribution in [0.4, 0.5) is 4.39 Å². The smallest absolute Gasteiger partial charge is 0.257 e. The van der Waals surface area contributed by atoms with Crippen molar-refractivity contribution >= 4 is 16.8 Å². The molecule has 10 heteroatoms. The number of aromatic nitrogens is 3. The van der Waals surface area contributed by atoms with Crippen molar-refractivity contribution in [2.75, 3.05) is 21.3 Å². The molecule has 3 aromatic heterocycles. The molecule has 42 heavy (non-hydrogen) atoms.